The lowest BCUT2D eigenvalue weighted by Gasteiger charge is -2.22. The number of hydrogen-bond acceptors (Lipinski definition) is 2. The molecule has 3 heteroatoms. The van der Waals surface area contributed by atoms with Crippen molar-refractivity contribution in [2.24, 2.45) is 11.1 Å². The Morgan fingerprint density at radius 2 is 1.95 bits per heavy atom. The van der Waals surface area contributed by atoms with Gasteiger partial charge in [-0.3, -0.25) is 4.79 Å². The number of carbonyl (C=O) groups excluding carboxylic acids is 1. The maximum atomic E-state index is 12.2. The number of amides is 1. The molecule has 0 spiro atoms. The lowest BCUT2D eigenvalue weighted by molar-refractivity contribution is -0.130. The highest BCUT2D eigenvalue weighted by Gasteiger charge is 2.34. The first-order chi connectivity index (χ1) is 9.56. The van der Waals surface area contributed by atoms with E-state index in [9.17, 15) is 4.79 Å². The second kappa shape index (κ2) is 6.40. The zero-order valence-electron chi connectivity index (χ0n) is 12.7. The van der Waals surface area contributed by atoms with Crippen molar-refractivity contribution >= 4 is 5.91 Å². The third-order valence-corrected chi connectivity index (χ3v) is 4.46. The molecule has 1 saturated heterocycles. The zero-order valence-corrected chi connectivity index (χ0v) is 12.7. The average molecular weight is 274 g/mol. The number of nitrogens with zero attached hydrogens (tertiary/aromatic N) is 1. The van der Waals surface area contributed by atoms with E-state index in [0.717, 1.165) is 32.4 Å². The second-order valence-electron chi connectivity index (χ2n) is 6.25. The Labute approximate surface area is 122 Å². The fourth-order valence-corrected chi connectivity index (χ4v) is 2.75. The standard InChI is InChI=1S/C17H26N2O/c1-3-14-4-6-15(7-5-14)8-9-16(20)19-11-10-17(2,12-18)13-19/h4-7H,3,8-13,18H2,1-2H3. The molecule has 1 aliphatic heterocycles. The molecule has 110 valence electrons. The van der Waals surface area contributed by atoms with Gasteiger partial charge in [-0.1, -0.05) is 38.1 Å². The Balaban J connectivity index is 1.83. The number of benzene rings is 1. The summed E-state index contributed by atoms with van der Waals surface area (Å²) in [6.07, 6.45) is 3.52. The van der Waals surface area contributed by atoms with Crippen molar-refractivity contribution in [3.8, 4) is 0 Å². The molecule has 1 amide bonds. The van der Waals surface area contributed by atoms with Crippen LogP contribution in [0, 0.1) is 5.41 Å². The zero-order chi connectivity index (χ0) is 14.6. The molecule has 1 heterocycles. The molecule has 20 heavy (non-hydrogen) atoms. The molecular weight excluding hydrogens is 248 g/mol. The summed E-state index contributed by atoms with van der Waals surface area (Å²) in [6, 6.07) is 8.59. The van der Waals surface area contributed by atoms with Crippen LogP contribution in [0.4, 0.5) is 0 Å². The van der Waals surface area contributed by atoms with Gasteiger partial charge in [0.25, 0.3) is 0 Å². The maximum absolute atomic E-state index is 12.2. The third kappa shape index (κ3) is 3.60. The second-order valence-corrected chi connectivity index (χ2v) is 6.25. The minimum Gasteiger partial charge on any atom is -0.342 e. The smallest absolute Gasteiger partial charge is 0.222 e. The molecule has 1 fully saturated rings. The molecule has 1 aromatic carbocycles. The molecule has 0 saturated carbocycles. The molecule has 3 nitrogen and oxygen atoms in total. The van der Waals surface area contributed by atoms with Crippen LogP contribution in [-0.2, 0) is 17.6 Å². The van der Waals surface area contributed by atoms with E-state index in [1.165, 1.54) is 11.1 Å². The van der Waals surface area contributed by atoms with E-state index in [1.807, 2.05) is 4.90 Å². The fraction of sp³-hybridized carbons (Fsp3) is 0.588. The number of rotatable bonds is 5. The molecule has 1 aliphatic rings. The van der Waals surface area contributed by atoms with Crippen LogP contribution < -0.4 is 5.73 Å². The van der Waals surface area contributed by atoms with Gasteiger partial charge < -0.3 is 10.6 Å². The average Bonchev–Trinajstić information content (AvgIpc) is 2.89. The Kier molecular flexibility index (Phi) is 4.81. The summed E-state index contributed by atoms with van der Waals surface area (Å²) in [7, 11) is 0. The van der Waals surface area contributed by atoms with Gasteiger partial charge in [0, 0.05) is 19.5 Å². The van der Waals surface area contributed by atoms with E-state index in [2.05, 4.69) is 38.1 Å². The molecule has 1 aromatic rings. The monoisotopic (exact) mass is 274 g/mol. The van der Waals surface area contributed by atoms with E-state index in [0.29, 0.717) is 13.0 Å². The number of aryl methyl sites for hydroxylation is 2. The Bertz CT molecular complexity index is 455. The Morgan fingerprint density at radius 1 is 1.30 bits per heavy atom. The lowest BCUT2D eigenvalue weighted by Crippen LogP contribution is -2.34. The largest absolute Gasteiger partial charge is 0.342 e. The first-order valence-electron chi connectivity index (χ1n) is 7.62. The summed E-state index contributed by atoms with van der Waals surface area (Å²) in [5.41, 5.74) is 8.50. The molecule has 1 atom stereocenters. The van der Waals surface area contributed by atoms with Gasteiger partial charge in [0.15, 0.2) is 0 Å². The minimum absolute atomic E-state index is 0.123. The van der Waals surface area contributed by atoms with E-state index < -0.39 is 0 Å². The lowest BCUT2D eigenvalue weighted by atomic mass is 9.90. The van der Waals surface area contributed by atoms with Gasteiger partial charge in [-0.05, 0) is 42.3 Å². The minimum atomic E-state index is 0.123. The molecule has 0 aromatic heterocycles. The first kappa shape index (κ1) is 15.0. The SMILES string of the molecule is CCc1ccc(CCC(=O)N2CCC(C)(CN)C2)cc1. The van der Waals surface area contributed by atoms with Crippen LogP contribution >= 0.6 is 0 Å². The molecule has 1 unspecified atom stereocenters. The van der Waals surface area contributed by atoms with Gasteiger partial charge in [0.1, 0.15) is 0 Å². The van der Waals surface area contributed by atoms with E-state index in [1.54, 1.807) is 0 Å². The third-order valence-electron chi connectivity index (χ3n) is 4.46. The van der Waals surface area contributed by atoms with Gasteiger partial charge in [0.2, 0.25) is 5.91 Å². The van der Waals surface area contributed by atoms with Crippen LogP contribution in [0.15, 0.2) is 24.3 Å². The summed E-state index contributed by atoms with van der Waals surface area (Å²) in [4.78, 5) is 14.2. The van der Waals surface area contributed by atoms with Gasteiger partial charge in [-0.25, -0.2) is 0 Å². The molecule has 0 radical (unpaired) electrons. The molecule has 0 bridgehead atoms. The highest BCUT2D eigenvalue weighted by Crippen LogP contribution is 2.28. The Hall–Kier alpha value is -1.35. The molecule has 2 N–H and O–H groups in total. The van der Waals surface area contributed by atoms with Gasteiger partial charge >= 0.3 is 0 Å². The van der Waals surface area contributed by atoms with E-state index in [-0.39, 0.29) is 11.3 Å². The van der Waals surface area contributed by atoms with Crippen LogP contribution in [0.3, 0.4) is 0 Å². The predicted octanol–water partition coefficient (Wildman–Crippen LogP) is 2.38. The Morgan fingerprint density at radius 3 is 2.50 bits per heavy atom. The van der Waals surface area contributed by atoms with Crippen LogP contribution in [0.25, 0.3) is 0 Å². The van der Waals surface area contributed by atoms with E-state index in [4.69, 9.17) is 5.73 Å². The number of likely N-dealkylation sites (tertiary alicyclic amines) is 1. The van der Waals surface area contributed by atoms with E-state index >= 15 is 0 Å². The highest BCUT2D eigenvalue weighted by atomic mass is 16.2. The summed E-state index contributed by atoms with van der Waals surface area (Å²) in [5, 5.41) is 0. The summed E-state index contributed by atoms with van der Waals surface area (Å²) < 4.78 is 0. The van der Waals surface area contributed by atoms with Crippen molar-refractivity contribution in [3.05, 3.63) is 35.4 Å². The predicted molar refractivity (Wildman–Crippen MR) is 82.5 cm³/mol. The summed E-state index contributed by atoms with van der Waals surface area (Å²) in [6.45, 7) is 6.66. The highest BCUT2D eigenvalue weighted by molar-refractivity contribution is 5.76. The fourth-order valence-electron chi connectivity index (χ4n) is 2.75. The molecule has 0 aliphatic carbocycles. The van der Waals surface area contributed by atoms with Gasteiger partial charge in [-0.2, -0.15) is 0 Å². The van der Waals surface area contributed by atoms with Crippen molar-refractivity contribution in [2.45, 2.75) is 39.5 Å². The van der Waals surface area contributed by atoms with Crippen LogP contribution in [0.1, 0.15) is 37.8 Å². The number of carbonyl (C=O) groups is 1. The van der Waals surface area contributed by atoms with Crippen molar-refractivity contribution in [1.82, 2.24) is 4.90 Å². The topological polar surface area (TPSA) is 46.3 Å². The van der Waals surface area contributed by atoms with Crippen molar-refractivity contribution < 1.29 is 4.79 Å². The van der Waals surface area contributed by atoms with Gasteiger partial charge in [-0.15, -0.1) is 0 Å². The van der Waals surface area contributed by atoms with Crippen LogP contribution in [0.5, 0.6) is 0 Å². The van der Waals surface area contributed by atoms with Gasteiger partial charge in [0.05, 0.1) is 0 Å². The summed E-state index contributed by atoms with van der Waals surface area (Å²) >= 11 is 0. The van der Waals surface area contributed by atoms with Crippen molar-refractivity contribution in [3.63, 3.8) is 0 Å². The quantitative estimate of drug-likeness (QED) is 0.896. The maximum Gasteiger partial charge on any atom is 0.222 e. The molecule has 2 rings (SSSR count). The number of hydrogen-bond donors (Lipinski definition) is 1. The van der Waals surface area contributed by atoms with Crippen molar-refractivity contribution in [2.75, 3.05) is 19.6 Å². The van der Waals surface area contributed by atoms with Crippen LogP contribution in [-0.4, -0.2) is 30.4 Å². The first-order valence-corrected chi connectivity index (χ1v) is 7.62. The normalized spacial score (nSPS) is 22.2. The van der Waals surface area contributed by atoms with Crippen molar-refractivity contribution in [1.29, 1.82) is 0 Å². The van der Waals surface area contributed by atoms with Crippen LogP contribution in [0.2, 0.25) is 0 Å². The summed E-state index contributed by atoms with van der Waals surface area (Å²) in [5.74, 6) is 0.266. The molecular formula is C17H26N2O. The number of nitrogens with two attached hydrogens (primary N) is 1.